The monoisotopic (exact) mass is 596 g/mol. The minimum atomic E-state index is -3.53. The number of nitrogens with zero attached hydrogens (tertiary/aromatic N) is 2. The van der Waals surface area contributed by atoms with Crippen molar-refractivity contribution >= 4 is 28.0 Å². The Morgan fingerprint density at radius 3 is 2.41 bits per heavy atom. The van der Waals surface area contributed by atoms with Gasteiger partial charge in [0.25, 0.3) is 0 Å². The van der Waals surface area contributed by atoms with Crippen LogP contribution in [0.15, 0.2) is 90.2 Å². The number of hydrogen-bond acceptors (Lipinski definition) is 5. The predicted molar refractivity (Wildman–Crippen MR) is 163 cm³/mol. The van der Waals surface area contributed by atoms with Gasteiger partial charge in [-0.2, -0.15) is 0 Å². The second kappa shape index (κ2) is 14.0. The van der Waals surface area contributed by atoms with Crippen molar-refractivity contribution in [3.05, 3.63) is 102 Å². The van der Waals surface area contributed by atoms with Crippen molar-refractivity contribution in [2.24, 2.45) is 0 Å². The molecule has 0 unspecified atom stereocenters. The van der Waals surface area contributed by atoms with E-state index in [-0.39, 0.29) is 29.7 Å². The van der Waals surface area contributed by atoms with Crippen LogP contribution in [-0.4, -0.2) is 63.2 Å². The Balaban J connectivity index is 0.00000387. The van der Waals surface area contributed by atoms with E-state index in [9.17, 15) is 12.8 Å². The van der Waals surface area contributed by atoms with E-state index in [1.165, 1.54) is 24.8 Å². The van der Waals surface area contributed by atoms with Gasteiger partial charge in [0.1, 0.15) is 5.82 Å². The van der Waals surface area contributed by atoms with Crippen LogP contribution in [-0.2, 0) is 21.2 Å². The fourth-order valence-electron chi connectivity index (χ4n) is 4.98. The summed E-state index contributed by atoms with van der Waals surface area (Å²) in [6, 6.07) is 17.6. The molecule has 7 nitrogen and oxygen atoms in total. The van der Waals surface area contributed by atoms with Gasteiger partial charge in [0, 0.05) is 63.0 Å². The summed E-state index contributed by atoms with van der Waals surface area (Å²) in [6.45, 7) is 3.21. The molecule has 3 heterocycles. The van der Waals surface area contributed by atoms with Crippen LogP contribution in [0.2, 0.25) is 0 Å². The highest BCUT2D eigenvalue weighted by molar-refractivity contribution is 7.89. The lowest BCUT2D eigenvalue weighted by Gasteiger charge is -2.26. The van der Waals surface area contributed by atoms with Crippen LogP contribution in [0.25, 0.3) is 28.0 Å². The maximum atomic E-state index is 13.6. The van der Waals surface area contributed by atoms with Gasteiger partial charge in [-0.3, -0.25) is 9.88 Å². The lowest BCUT2D eigenvalue weighted by molar-refractivity contribution is 0.204. The first-order chi connectivity index (χ1) is 19.4. The number of halogens is 2. The predicted octanol–water partition coefficient (Wildman–Crippen LogP) is 5.56. The molecular formula is C31H34ClFN4O3S. The fraction of sp³-hybridized carbons (Fsp3) is 0.258. The van der Waals surface area contributed by atoms with Gasteiger partial charge in [0.15, 0.2) is 0 Å². The molecule has 2 aromatic carbocycles. The van der Waals surface area contributed by atoms with Crippen LogP contribution in [0.3, 0.4) is 0 Å². The first kappa shape index (κ1) is 30.6. The van der Waals surface area contributed by atoms with E-state index >= 15 is 0 Å². The van der Waals surface area contributed by atoms with E-state index in [0.29, 0.717) is 6.61 Å². The van der Waals surface area contributed by atoms with Gasteiger partial charge in [-0.15, -0.1) is 12.4 Å². The van der Waals surface area contributed by atoms with Crippen molar-refractivity contribution < 1.29 is 17.5 Å². The quantitative estimate of drug-likeness (QED) is 0.221. The average molecular weight is 597 g/mol. The molecule has 1 aliphatic rings. The normalized spacial score (nSPS) is 14.0. The Labute approximate surface area is 246 Å². The molecule has 10 heteroatoms. The van der Waals surface area contributed by atoms with Gasteiger partial charge in [0.05, 0.1) is 17.2 Å². The molecule has 41 heavy (non-hydrogen) atoms. The Morgan fingerprint density at radius 2 is 1.76 bits per heavy atom. The summed E-state index contributed by atoms with van der Waals surface area (Å²) in [7, 11) is -1.99. The Hall–Kier alpha value is -3.34. The van der Waals surface area contributed by atoms with Gasteiger partial charge in [-0.25, -0.2) is 17.5 Å². The second-order valence-electron chi connectivity index (χ2n) is 9.76. The standard InChI is InChI=1S/C31H33FN4O3S.ClH/c1-39-21-17-35-40(37,38)28-8-2-23(3-9-28)12-18-36-19-13-24(14-20-36)29-22-34-31(26-4-6-27(32)7-5-26)30(29)25-10-15-33-16-11-25;/h2-11,13,15-16,22,34-35H,12,14,17-21H2,1H3;1H. The number of sulfonamides is 1. The molecular weight excluding hydrogens is 563 g/mol. The summed E-state index contributed by atoms with van der Waals surface area (Å²) in [6.07, 6.45) is 9.66. The van der Waals surface area contributed by atoms with Crippen molar-refractivity contribution in [3.8, 4) is 22.4 Å². The Kier molecular flexibility index (Phi) is 10.5. The first-order valence-electron chi connectivity index (χ1n) is 13.3. The molecule has 0 atom stereocenters. The summed E-state index contributed by atoms with van der Waals surface area (Å²) in [5, 5.41) is 0. The summed E-state index contributed by atoms with van der Waals surface area (Å²) in [5.41, 5.74) is 7.59. The van der Waals surface area contributed by atoms with E-state index in [1.54, 1.807) is 36.7 Å². The number of benzene rings is 2. The molecule has 1 aliphatic heterocycles. The van der Waals surface area contributed by atoms with Crippen molar-refractivity contribution in [1.82, 2.24) is 19.6 Å². The summed E-state index contributed by atoms with van der Waals surface area (Å²) in [4.78, 5) is 10.3. The van der Waals surface area contributed by atoms with Gasteiger partial charge < -0.3 is 9.72 Å². The van der Waals surface area contributed by atoms with E-state index in [4.69, 9.17) is 4.74 Å². The summed E-state index contributed by atoms with van der Waals surface area (Å²) in [5.74, 6) is -0.257. The van der Waals surface area contributed by atoms with Crippen molar-refractivity contribution in [2.45, 2.75) is 17.7 Å². The lowest BCUT2D eigenvalue weighted by atomic mass is 9.92. The minimum absolute atomic E-state index is 0. The molecule has 0 fully saturated rings. The third-order valence-corrected chi connectivity index (χ3v) is 8.65. The number of ether oxygens (including phenoxy) is 1. The van der Waals surface area contributed by atoms with Gasteiger partial charge in [-0.1, -0.05) is 18.2 Å². The molecule has 4 aromatic rings. The summed E-state index contributed by atoms with van der Waals surface area (Å²) < 4.78 is 45.8. The number of methoxy groups -OCH3 is 1. The van der Waals surface area contributed by atoms with E-state index in [0.717, 1.165) is 66.0 Å². The van der Waals surface area contributed by atoms with Crippen LogP contribution in [0, 0.1) is 5.82 Å². The Bertz CT molecular complexity index is 1560. The zero-order valence-electron chi connectivity index (χ0n) is 22.8. The average Bonchev–Trinajstić information content (AvgIpc) is 3.43. The zero-order chi connectivity index (χ0) is 28.0. The molecule has 216 valence electrons. The molecule has 5 rings (SSSR count). The van der Waals surface area contributed by atoms with Gasteiger partial charge in [-0.05, 0) is 83.6 Å². The molecule has 0 radical (unpaired) electrons. The van der Waals surface area contributed by atoms with Crippen LogP contribution in [0.4, 0.5) is 4.39 Å². The van der Waals surface area contributed by atoms with E-state index in [2.05, 4.69) is 31.9 Å². The van der Waals surface area contributed by atoms with Crippen LogP contribution >= 0.6 is 12.4 Å². The van der Waals surface area contributed by atoms with Gasteiger partial charge in [0.2, 0.25) is 10.0 Å². The van der Waals surface area contributed by atoms with Crippen LogP contribution in [0.5, 0.6) is 0 Å². The van der Waals surface area contributed by atoms with E-state index in [1.807, 2.05) is 24.3 Å². The molecule has 2 N–H and O–H groups in total. The lowest BCUT2D eigenvalue weighted by Crippen LogP contribution is -2.30. The molecule has 2 aromatic heterocycles. The van der Waals surface area contributed by atoms with Crippen LogP contribution < -0.4 is 4.72 Å². The van der Waals surface area contributed by atoms with Crippen LogP contribution in [0.1, 0.15) is 17.5 Å². The number of H-pyrrole nitrogens is 1. The Morgan fingerprint density at radius 1 is 1.02 bits per heavy atom. The highest BCUT2D eigenvalue weighted by Gasteiger charge is 2.21. The smallest absolute Gasteiger partial charge is 0.240 e. The molecule has 0 amide bonds. The molecule has 0 bridgehead atoms. The maximum absolute atomic E-state index is 13.6. The fourth-order valence-corrected chi connectivity index (χ4v) is 6.00. The highest BCUT2D eigenvalue weighted by atomic mass is 35.5. The van der Waals surface area contributed by atoms with Crippen molar-refractivity contribution in [2.75, 3.05) is 39.9 Å². The second-order valence-corrected chi connectivity index (χ2v) is 11.5. The number of aromatic nitrogens is 2. The SMILES string of the molecule is COCCNS(=O)(=O)c1ccc(CCN2CC=C(c3c[nH]c(-c4ccc(F)cc4)c3-c3ccncc3)CC2)cc1.Cl. The molecule has 0 aliphatic carbocycles. The largest absolute Gasteiger partial charge is 0.383 e. The van der Waals surface area contributed by atoms with Crippen molar-refractivity contribution in [3.63, 3.8) is 0 Å². The number of hydrogen-bond donors (Lipinski definition) is 2. The highest BCUT2D eigenvalue weighted by Crippen LogP contribution is 2.39. The molecule has 0 saturated carbocycles. The maximum Gasteiger partial charge on any atom is 0.240 e. The number of nitrogens with one attached hydrogen (secondary N) is 2. The topological polar surface area (TPSA) is 87.3 Å². The van der Waals surface area contributed by atoms with Gasteiger partial charge >= 0.3 is 0 Å². The third-order valence-electron chi connectivity index (χ3n) is 7.17. The van der Waals surface area contributed by atoms with Crippen molar-refractivity contribution in [1.29, 1.82) is 0 Å². The summed E-state index contributed by atoms with van der Waals surface area (Å²) >= 11 is 0. The molecule has 0 saturated heterocycles. The zero-order valence-corrected chi connectivity index (χ0v) is 24.5. The number of rotatable bonds is 11. The molecule has 0 spiro atoms. The first-order valence-corrected chi connectivity index (χ1v) is 14.8. The van der Waals surface area contributed by atoms with E-state index < -0.39 is 10.0 Å². The number of aromatic amines is 1. The minimum Gasteiger partial charge on any atom is -0.383 e. The third kappa shape index (κ3) is 7.49. The number of pyridine rings is 1.